The minimum absolute atomic E-state index is 0.0174. The van der Waals surface area contributed by atoms with Crippen LogP contribution in [0, 0.1) is 0 Å². The fourth-order valence-corrected chi connectivity index (χ4v) is 1.54. The molecule has 0 fully saturated rings. The number of ketones is 2. The molecule has 0 aromatic rings. The third-order valence-corrected chi connectivity index (χ3v) is 4.23. The first-order valence-corrected chi connectivity index (χ1v) is 8.86. The molecule has 92 valence electrons. The van der Waals surface area contributed by atoms with Gasteiger partial charge in [-0.3, -0.25) is 9.59 Å². The number of nitrogens with zero attached hydrogens (tertiary/aromatic N) is 2. The second kappa shape index (κ2) is 5.93. The van der Waals surface area contributed by atoms with E-state index in [1.165, 1.54) is 6.92 Å². The Labute approximate surface area is 98.8 Å². The van der Waals surface area contributed by atoms with Crippen molar-refractivity contribution in [3.8, 4) is 0 Å². The van der Waals surface area contributed by atoms with Gasteiger partial charge in [0.05, 0.1) is 6.42 Å². The third kappa shape index (κ3) is 6.50. The van der Waals surface area contributed by atoms with E-state index in [1.807, 2.05) is 18.6 Å². The molecule has 0 bridgehead atoms. The molecule has 0 amide bonds. The summed E-state index contributed by atoms with van der Waals surface area (Å²) in [5.41, 5.74) is 0.774. The summed E-state index contributed by atoms with van der Waals surface area (Å²) >= 11 is 0. The minimum atomic E-state index is -1.44. The molecule has 0 radical (unpaired) electrons. The second-order valence-electron chi connectivity index (χ2n) is 5.12. The highest BCUT2D eigenvalue weighted by Crippen LogP contribution is 2.07. The van der Waals surface area contributed by atoms with Gasteiger partial charge in [0.15, 0.2) is 8.24 Å². The Morgan fingerprint density at radius 3 is 2.00 bits per heavy atom. The quantitative estimate of drug-likeness (QED) is 0.310. The van der Waals surface area contributed by atoms with Crippen molar-refractivity contribution in [2.75, 3.05) is 7.05 Å². The van der Waals surface area contributed by atoms with Crippen molar-refractivity contribution in [3.63, 3.8) is 0 Å². The zero-order chi connectivity index (χ0) is 12.9. The Kier molecular flexibility index (Phi) is 5.57. The maximum absolute atomic E-state index is 11.4. The van der Waals surface area contributed by atoms with Gasteiger partial charge in [-0.05, 0) is 13.8 Å². The van der Waals surface area contributed by atoms with Crippen LogP contribution in [0.2, 0.25) is 19.6 Å². The minimum Gasteiger partial charge on any atom is -0.328 e. The van der Waals surface area contributed by atoms with Gasteiger partial charge in [0.2, 0.25) is 0 Å². The molecule has 0 heterocycles. The van der Waals surface area contributed by atoms with Crippen LogP contribution in [0.4, 0.5) is 0 Å². The molecule has 0 aliphatic rings. The number of hydrogen-bond acceptors (Lipinski definition) is 4. The number of Topliss-reactive ketones (excluding diaryl/α,β-unsaturated/α-hetero) is 2. The van der Waals surface area contributed by atoms with Gasteiger partial charge < -0.3 is 4.67 Å². The molecule has 0 aliphatic heterocycles. The van der Waals surface area contributed by atoms with E-state index in [9.17, 15) is 9.59 Å². The summed E-state index contributed by atoms with van der Waals surface area (Å²) in [6, 6.07) is 0. The predicted molar refractivity (Wildman–Crippen MR) is 69.1 cm³/mol. The number of hydrogen-bond donors (Lipinski definition) is 0. The van der Waals surface area contributed by atoms with Crippen molar-refractivity contribution in [3.05, 3.63) is 0 Å². The first-order chi connectivity index (χ1) is 7.12. The molecule has 0 N–H and O–H groups in total. The summed E-state index contributed by atoms with van der Waals surface area (Å²) in [5, 5.41) is 4.38. The van der Waals surface area contributed by atoms with E-state index in [2.05, 4.69) is 24.7 Å². The third-order valence-electron chi connectivity index (χ3n) is 2.19. The Hall–Kier alpha value is -0.973. The molecule has 0 atom stereocenters. The Morgan fingerprint density at radius 2 is 1.62 bits per heavy atom. The number of hydrazone groups is 1. The van der Waals surface area contributed by atoms with Crippen LogP contribution in [0.3, 0.4) is 0 Å². The first-order valence-electron chi connectivity index (χ1n) is 5.42. The molecular weight excluding hydrogens is 220 g/mol. The number of carbonyl (C=O) groups is 2. The fraction of sp³-hybridized carbons (Fsp3) is 0.727. The summed E-state index contributed by atoms with van der Waals surface area (Å²) in [6.45, 7) is 9.80. The predicted octanol–water partition coefficient (Wildman–Crippen LogP) is 2.07. The highest BCUT2D eigenvalue weighted by molar-refractivity contribution is 6.73. The summed E-state index contributed by atoms with van der Waals surface area (Å²) < 4.78 is 1.96. The lowest BCUT2D eigenvalue weighted by Gasteiger charge is -2.27. The van der Waals surface area contributed by atoms with Crippen LogP contribution in [0.15, 0.2) is 5.10 Å². The maximum Gasteiger partial charge on any atom is 0.168 e. The van der Waals surface area contributed by atoms with Crippen LogP contribution in [-0.2, 0) is 9.59 Å². The standard InChI is InChI=1S/C11H22N2O2Si/c1-9(7-11(15)8-10(2)14)12-13(3)16(4,5)6/h7-8H2,1-6H3. The van der Waals surface area contributed by atoms with Crippen LogP contribution in [0.1, 0.15) is 26.7 Å². The Morgan fingerprint density at radius 1 is 1.12 bits per heavy atom. The van der Waals surface area contributed by atoms with Gasteiger partial charge >= 0.3 is 0 Å². The van der Waals surface area contributed by atoms with Crippen molar-refractivity contribution in [2.45, 2.75) is 46.3 Å². The summed E-state index contributed by atoms with van der Waals surface area (Å²) in [6.07, 6.45) is 0.290. The van der Waals surface area contributed by atoms with Crippen LogP contribution in [0.25, 0.3) is 0 Å². The van der Waals surface area contributed by atoms with Crippen molar-refractivity contribution in [2.24, 2.45) is 5.10 Å². The normalized spacial score (nSPS) is 12.5. The van der Waals surface area contributed by atoms with Gasteiger partial charge in [0, 0.05) is 19.2 Å². The molecule has 0 aliphatic carbocycles. The van der Waals surface area contributed by atoms with E-state index in [0.717, 1.165) is 5.71 Å². The molecule has 0 spiro atoms. The molecule has 0 aromatic heterocycles. The molecule has 5 heteroatoms. The van der Waals surface area contributed by atoms with E-state index in [-0.39, 0.29) is 24.4 Å². The van der Waals surface area contributed by atoms with Crippen molar-refractivity contribution >= 4 is 25.5 Å². The van der Waals surface area contributed by atoms with Gasteiger partial charge in [0.25, 0.3) is 0 Å². The first kappa shape index (κ1) is 15.0. The van der Waals surface area contributed by atoms with Crippen molar-refractivity contribution in [1.29, 1.82) is 0 Å². The van der Waals surface area contributed by atoms with Crippen LogP contribution >= 0.6 is 0 Å². The average molecular weight is 242 g/mol. The van der Waals surface area contributed by atoms with Crippen LogP contribution in [-0.4, -0.2) is 37.2 Å². The SMILES string of the molecule is CC(=O)CC(=O)CC(C)=NN(C)[Si](C)(C)C. The molecular formula is C11H22N2O2Si. The lowest BCUT2D eigenvalue weighted by Crippen LogP contribution is -2.39. The summed E-state index contributed by atoms with van der Waals surface area (Å²) in [4.78, 5) is 22.1. The topological polar surface area (TPSA) is 49.7 Å². The van der Waals surface area contributed by atoms with E-state index < -0.39 is 8.24 Å². The fourth-order valence-electron chi connectivity index (χ4n) is 1.07. The second-order valence-corrected chi connectivity index (χ2v) is 10.1. The van der Waals surface area contributed by atoms with Gasteiger partial charge in [-0.25, -0.2) is 0 Å². The van der Waals surface area contributed by atoms with Crippen LogP contribution < -0.4 is 0 Å². The molecule has 0 rings (SSSR count). The summed E-state index contributed by atoms with van der Waals surface area (Å²) in [5.74, 6) is -0.144. The number of carbonyl (C=O) groups excluding carboxylic acids is 2. The highest BCUT2D eigenvalue weighted by Gasteiger charge is 2.19. The molecule has 0 saturated heterocycles. The van der Waals surface area contributed by atoms with Crippen molar-refractivity contribution < 1.29 is 9.59 Å². The molecule has 0 unspecified atom stereocenters. The van der Waals surface area contributed by atoms with Gasteiger partial charge in [-0.2, -0.15) is 5.10 Å². The zero-order valence-electron chi connectivity index (χ0n) is 11.1. The van der Waals surface area contributed by atoms with Gasteiger partial charge in [-0.1, -0.05) is 19.6 Å². The lowest BCUT2D eigenvalue weighted by molar-refractivity contribution is -0.125. The Bertz CT molecular complexity index is 306. The molecule has 16 heavy (non-hydrogen) atoms. The van der Waals surface area contributed by atoms with Gasteiger partial charge in [0.1, 0.15) is 11.6 Å². The summed E-state index contributed by atoms with van der Waals surface area (Å²) in [7, 11) is 0.497. The molecule has 0 aromatic carbocycles. The zero-order valence-corrected chi connectivity index (χ0v) is 12.1. The Balaban J connectivity index is 4.35. The lowest BCUT2D eigenvalue weighted by atomic mass is 10.1. The molecule has 0 saturated carbocycles. The molecule has 4 nitrogen and oxygen atoms in total. The van der Waals surface area contributed by atoms with Gasteiger partial charge in [-0.15, -0.1) is 0 Å². The van der Waals surface area contributed by atoms with E-state index >= 15 is 0 Å². The average Bonchev–Trinajstić information content (AvgIpc) is 1.98. The van der Waals surface area contributed by atoms with E-state index in [1.54, 1.807) is 0 Å². The maximum atomic E-state index is 11.4. The largest absolute Gasteiger partial charge is 0.328 e. The van der Waals surface area contributed by atoms with E-state index in [0.29, 0.717) is 0 Å². The monoisotopic (exact) mass is 242 g/mol. The van der Waals surface area contributed by atoms with Crippen LogP contribution in [0.5, 0.6) is 0 Å². The van der Waals surface area contributed by atoms with Crippen molar-refractivity contribution in [1.82, 2.24) is 4.67 Å². The van der Waals surface area contributed by atoms with E-state index in [4.69, 9.17) is 0 Å². The highest BCUT2D eigenvalue weighted by atomic mass is 28.3. The number of rotatable bonds is 6. The smallest absolute Gasteiger partial charge is 0.168 e.